The van der Waals surface area contributed by atoms with Crippen molar-refractivity contribution in [1.82, 2.24) is 4.98 Å². The van der Waals surface area contributed by atoms with E-state index >= 15 is 0 Å². The minimum atomic E-state index is 0.591. The second-order valence-corrected chi connectivity index (χ2v) is 3.99. The van der Waals surface area contributed by atoms with Crippen LogP contribution < -0.4 is 10.6 Å². The molecule has 0 saturated heterocycles. The van der Waals surface area contributed by atoms with E-state index in [9.17, 15) is 0 Å². The monoisotopic (exact) mass is 191 g/mol. The lowest BCUT2D eigenvalue weighted by molar-refractivity contribution is 0.652. The number of nitrogen functional groups attached to an aromatic ring is 1. The van der Waals surface area contributed by atoms with Gasteiger partial charge in [0.1, 0.15) is 5.82 Å². The first-order valence-corrected chi connectivity index (χ1v) is 5.22. The summed E-state index contributed by atoms with van der Waals surface area (Å²) >= 11 is 0. The topological polar surface area (TPSA) is 42.1 Å². The average molecular weight is 191 g/mol. The van der Waals surface area contributed by atoms with Gasteiger partial charge < -0.3 is 10.6 Å². The maximum Gasteiger partial charge on any atom is 0.123 e. The van der Waals surface area contributed by atoms with E-state index in [-0.39, 0.29) is 0 Å². The molecule has 0 bridgehead atoms. The number of nitrogens with zero attached hydrogens (tertiary/aromatic N) is 2. The lowest BCUT2D eigenvalue weighted by atomic mass is 10.2. The Labute approximate surface area is 84.9 Å². The maximum atomic E-state index is 5.55. The molecule has 1 fully saturated rings. The lowest BCUT2D eigenvalue weighted by Crippen LogP contribution is -2.28. The Morgan fingerprint density at radius 1 is 1.36 bits per heavy atom. The van der Waals surface area contributed by atoms with Crippen LogP contribution in [0, 0.1) is 0 Å². The fourth-order valence-corrected chi connectivity index (χ4v) is 2.11. The van der Waals surface area contributed by atoms with Gasteiger partial charge in [0.25, 0.3) is 0 Å². The Morgan fingerprint density at radius 3 is 2.64 bits per heavy atom. The van der Waals surface area contributed by atoms with Gasteiger partial charge in [0.05, 0.1) is 11.9 Å². The van der Waals surface area contributed by atoms with Crippen molar-refractivity contribution in [3.05, 3.63) is 18.3 Å². The summed E-state index contributed by atoms with van der Waals surface area (Å²) in [6, 6.07) is 4.60. The number of rotatable bonds is 2. The smallest absolute Gasteiger partial charge is 0.123 e. The van der Waals surface area contributed by atoms with E-state index in [1.54, 1.807) is 0 Å². The Balaban J connectivity index is 2.09. The average Bonchev–Trinajstić information content (AvgIpc) is 2.71. The number of hydrogen-bond acceptors (Lipinski definition) is 3. The van der Waals surface area contributed by atoms with Crippen molar-refractivity contribution in [2.24, 2.45) is 0 Å². The molecule has 0 radical (unpaired) electrons. The molecule has 2 rings (SSSR count). The first-order chi connectivity index (χ1) is 6.77. The fraction of sp³-hybridized carbons (Fsp3) is 0.545. The van der Waals surface area contributed by atoms with Gasteiger partial charge in [-0.25, -0.2) is 4.98 Å². The fourth-order valence-electron chi connectivity index (χ4n) is 2.11. The number of pyridine rings is 1. The molecule has 14 heavy (non-hydrogen) atoms. The van der Waals surface area contributed by atoms with Crippen LogP contribution in [-0.4, -0.2) is 18.1 Å². The van der Waals surface area contributed by atoms with E-state index in [1.165, 1.54) is 31.4 Å². The maximum absolute atomic E-state index is 5.55. The SMILES string of the molecule is CN(c1ccc(N)nc1)C1CCCC1. The Morgan fingerprint density at radius 2 is 2.07 bits per heavy atom. The van der Waals surface area contributed by atoms with Gasteiger partial charge in [-0.2, -0.15) is 0 Å². The summed E-state index contributed by atoms with van der Waals surface area (Å²) in [5, 5.41) is 0. The van der Waals surface area contributed by atoms with Gasteiger partial charge in [0.15, 0.2) is 0 Å². The zero-order valence-electron chi connectivity index (χ0n) is 8.61. The van der Waals surface area contributed by atoms with Gasteiger partial charge in [-0.1, -0.05) is 12.8 Å². The highest BCUT2D eigenvalue weighted by molar-refractivity contribution is 5.48. The van der Waals surface area contributed by atoms with Crippen LogP contribution in [0.2, 0.25) is 0 Å². The van der Waals surface area contributed by atoms with Crippen LogP contribution in [0.25, 0.3) is 0 Å². The zero-order chi connectivity index (χ0) is 9.97. The third-order valence-electron chi connectivity index (χ3n) is 3.05. The van der Waals surface area contributed by atoms with Gasteiger partial charge in [-0.3, -0.25) is 0 Å². The third-order valence-corrected chi connectivity index (χ3v) is 3.05. The summed E-state index contributed by atoms with van der Waals surface area (Å²) in [7, 11) is 2.14. The molecule has 0 aliphatic heterocycles. The first-order valence-electron chi connectivity index (χ1n) is 5.22. The number of nitrogens with two attached hydrogens (primary N) is 1. The molecule has 0 spiro atoms. The van der Waals surface area contributed by atoms with Crippen LogP contribution in [0.15, 0.2) is 18.3 Å². The van der Waals surface area contributed by atoms with Crippen LogP contribution in [0.3, 0.4) is 0 Å². The molecular weight excluding hydrogens is 174 g/mol. The van der Waals surface area contributed by atoms with Gasteiger partial charge in [-0.05, 0) is 25.0 Å². The third kappa shape index (κ3) is 1.81. The second kappa shape index (κ2) is 3.86. The quantitative estimate of drug-likeness (QED) is 0.777. The molecular formula is C11H17N3. The highest BCUT2D eigenvalue weighted by Crippen LogP contribution is 2.26. The van der Waals surface area contributed by atoms with Crippen molar-refractivity contribution >= 4 is 11.5 Å². The lowest BCUT2D eigenvalue weighted by Gasteiger charge is -2.26. The second-order valence-electron chi connectivity index (χ2n) is 3.99. The van der Waals surface area contributed by atoms with Crippen molar-refractivity contribution in [3.8, 4) is 0 Å². The summed E-state index contributed by atoms with van der Waals surface area (Å²) in [6.07, 6.45) is 7.18. The summed E-state index contributed by atoms with van der Waals surface area (Å²) in [5.41, 5.74) is 6.72. The van der Waals surface area contributed by atoms with Crippen molar-refractivity contribution in [2.45, 2.75) is 31.7 Å². The summed E-state index contributed by atoms with van der Waals surface area (Å²) in [4.78, 5) is 6.43. The van der Waals surface area contributed by atoms with Crippen molar-refractivity contribution in [3.63, 3.8) is 0 Å². The van der Waals surface area contributed by atoms with Crippen molar-refractivity contribution < 1.29 is 0 Å². The normalized spacial score (nSPS) is 17.2. The molecule has 76 valence electrons. The van der Waals surface area contributed by atoms with Crippen LogP contribution in [0.1, 0.15) is 25.7 Å². The number of anilines is 2. The van der Waals surface area contributed by atoms with Crippen LogP contribution >= 0.6 is 0 Å². The Bertz CT molecular complexity index is 288. The Kier molecular flexibility index (Phi) is 2.57. The molecule has 0 amide bonds. The molecule has 0 unspecified atom stereocenters. The highest BCUT2D eigenvalue weighted by atomic mass is 15.1. The van der Waals surface area contributed by atoms with Crippen molar-refractivity contribution in [2.75, 3.05) is 17.7 Å². The molecule has 0 aromatic carbocycles. The van der Waals surface area contributed by atoms with E-state index < -0.39 is 0 Å². The van der Waals surface area contributed by atoms with E-state index in [2.05, 4.69) is 16.9 Å². The summed E-state index contributed by atoms with van der Waals surface area (Å²) in [5.74, 6) is 0.591. The van der Waals surface area contributed by atoms with Crippen LogP contribution in [0.4, 0.5) is 11.5 Å². The molecule has 3 heteroatoms. The Hall–Kier alpha value is -1.25. The number of hydrogen-bond donors (Lipinski definition) is 1. The summed E-state index contributed by atoms with van der Waals surface area (Å²) < 4.78 is 0. The first kappa shape index (κ1) is 9.31. The van der Waals surface area contributed by atoms with Crippen LogP contribution in [-0.2, 0) is 0 Å². The molecule has 1 aromatic heterocycles. The van der Waals surface area contributed by atoms with E-state index in [4.69, 9.17) is 5.73 Å². The number of aromatic nitrogens is 1. The summed E-state index contributed by atoms with van der Waals surface area (Å²) in [6.45, 7) is 0. The molecule has 2 N–H and O–H groups in total. The molecule has 1 aliphatic carbocycles. The van der Waals surface area contributed by atoms with Crippen LogP contribution in [0.5, 0.6) is 0 Å². The van der Waals surface area contributed by atoms with Crippen molar-refractivity contribution in [1.29, 1.82) is 0 Å². The van der Waals surface area contributed by atoms with E-state index in [1.807, 2.05) is 18.3 Å². The van der Waals surface area contributed by atoms with E-state index in [0.29, 0.717) is 11.9 Å². The molecule has 1 aromatic rings. The predicted molar refractivity (Wildman–Crippen MR) is 59.3 cm³/mol. The van der Waals surface area contributed by atoms with Gasteiger partial charge in [-0.15, -0.1) is 0 Å². The van der Waals surface area contributed by atoms with Gasteiger partial charge >= 0.3 is 0 Å². The van der Waals surface area contributed by atoms with Gasteiger partial charge in [0.2, 0.25) is 0 Å². The minimum absolute atomic E-state index is 0.591. The highest BCUT2D eigenvalue weighted by Gasteiger charge is 2.19. The molecule has 1 aliphatic rings. The standard InChI is InChI=1S/C11H17N3/c1-14(9-4-2-3-5-9)10-6-7-11(12)13-8-10/h6-9H,2-5H2,1H3,(H2,12,13). The molecule has 0 atom stereocenters. The molecule has 1 heterocycles. The van der Waals surface area contributed by atoms with E-state index in [0.717, 1.165) is 0 Å². The predicted octanol–water partition coefficient (Wildman–Crippen LogP) is 2.04. The zero-order valence-corrected chi connectivity index (χ0v) is 8.61. The molecule has 1 saturated carbocycles. The molecule has 3 nitrogen and oxygen atoms in total. The minimum Gasteiger partial charge on any atom is -0.384 e. The van der Waals surface area contributed by atoms with Gasteiger partial charge in [0, 0.05) is 13.1 Å². The largest absolute Gasteiger partial charge is 0.384 e.